The van der Waals surface area contributed by atoms with Gasteiger partial charge in [-0.25, -0.2) is 0 Å². The maximum atomic E-state index is 12.0. The zero-order valence-electron chi connectivity index (χ0n) is 14.4. The van der Waals surface area contributed by atoms with Gasteiger partial charge in [-0.05, 0) is 29.3 Å². The molecule has 27 heavy (non-hydrogen) atoms. The second kappa shape index (κ2) is 8.61. The number of rotatable bonds is 8. The Morgan fingerprint density at radius 2 is 1.85 bits per heavy atom. The Balaban J connectivity index is 1.51. The second-order valence-electron chi connectivity index (χ2n) is 5.79. The number of nitrogens with zero attached hydrogens (tertiary/aromatic N) is 3. The van der Waals surface area contributed by atoms with Crippen molar-refractivity contribution >= 4 is 11.6 Å². The molecule has 0 fully saturated rings. The van der Waals surface area contributed by atoms with E-state index in [2.05, 4.69) is 10.4 Å². The molecule has 0 aliphatic rings. The number of amides is 1. The number of hydrogen-bond acceptors (Lipinski definition) is 5. The molecule has 0 unspecified atom stereocenters. The number of nitro groups is 1. The standard InChI is InChI=1S/C19H18N4O4/c24-19(14-27-18-8-6-17(7-9-18)23(25)26)20-12-15-4-1-2-5-16(15)13-22-11-3-10-21-22/h1-11H,12-14H2,(H,20,24). The highest BCUT2D eigenvalue weighted by atomic mass is 16.6. The number of carbonyl (C=O) groups excluding carboxylic acids is 1. The molecule has 2 aromatic carbocycles. The summed E-state index contributed by atoms with van der Waals surface area (Å²) >= 11 is 0. The van der Waals surface area contributed by atoms with Gasteiger partial charge in [-0.2, -0.15) is 5.10 Å². The SMILES string of the molecule is O=C(COc1ccc([N+](=O)[O-])cc1)NCc1ccccc1Cn1cccn1. The van der Waals surface area contributed by atoms with Crippen LogP contribution >= 0.6 is 0 Å². The molecule has 1 amide bonds. The van der Waals surface area contributed by atoms with E-state index < -0.39 is 4.92 Å². The third-order valence-electron chi connectivity index (χ3n) is 3.90. The Labute approximate surface area is 155 Å². The van der Waals surface area contributed by atoms with E-state index >= 15 is 0 Å². The van der Waals surface area contributed by atoms with Gasteiger partial charge in [0, 0.05) is 31.1 Å². The van der Waals surface area contributed by atoms with Crippen LogP contribution in [-0.4, -0.2) is 27.2 Å². The monoisotopic (exact) mass is 366 g/mol. The summed E-state index contributed by atoms with van der Waals surface area (Å²) < 4.78 is 7.18. The first kappa shape index (κ1) is 18.1. The van der Waals surface area contributed by atoms with E-state index in [1.807, 2.05) is 41.2 Å². The number of carbonyl (C=O) groups is 1. The average Bonchev–Trinajstić information content (AvgIpc) is 3.19. The molecule has 0 aliphatic heterocycles. The summed E-state index contributed by atoms with van der Waals surface area (Å²) in [6, 6.07) is 15.3. The van der Waals surface area contributed by atoms with Gasteiger partial charge in [0.25, 0.3) is 11.6 Å². The quantitative estimate of drug-likeness (QED) is 0.488. The van der Waals surface area contributed by atoms with Crippen molar-refractivity contribution in [2.24, 2.45) is 0 Å². The van der Waals surface area contributed by atoms with Crippen molar-refractivity contribution in [1.29, 1.82) is 0 Å². The summed E-state index contributed by atoms with van der Waals surface area (Å²) in [6.07, 6.45) is 3.60. The second-order valence-corrected chi connectivity index (χ2v) is 5.79. The number of non-ortho nitro benzene ring substituents is 1. The van der Waals surface area contributed by atoms with Gasteiger partial charge < -0.3 is 10.1 Å². The number of aromatic nitrogens is 2. The molecule has 8 heteroatoms. The molecule has 0 atom stereocenters. The van der Waals surface area contributed by atoms with Gasteiger partial charge in [0.2, 0.25) is 0 Å². The van der Waals surface area contributed by atoms with Crippen LogP contribution in [0.1, 0.15) is 11.1 Å². The first-order valence-corrected chi connectivity index (χ1v) is 8.30. The highest BCUT2D eigenvalue weighted by Crippen LogP contribution is 2.17. The molecule has 0 bridgehead atoms. The molecule has 138 valence electrons. The van der Waals surface area contributed by atoms with Crippen LogP contribution in [0.2, 0.25) is 0 Å². The van der Waals surface area contributed by atoms with Crippen LogP contribution in [0, 0.1) is 10.1 Å². The third kappa shape index (κ3) is 5.15. The maximum Gasteiger partial charge on any atom is 0.269 e. The van der Waals surface area contributed by atoms with Crippen molar-refractivity contribution in [2.75, 3.05) is 6.61 Å². The van der Waals surface area contributed by atoms with Crippen LogP contribution in [0.5, 0.6) is 5.75 Å². The van der Waals surface area contributed by atoms with Crippen LogP contribution in [0.25, 0.3) is 0 Å². The smallest absolute Gasteiger partial charge is 0.269 e. The normalized spacial score (nSPS) is 10.4. The summed E-state index contributed by atoms with van der Waals surface area (Å²) in [6.45, 7) is 0.831. The minimum atomic E-state index is -0.489. The molecule has 8 nitrogen and oxygen atoms in total. The Kier molecular flexibility index (Phi) is 5.78. The van der Waals surface area contributed by atoms with Crippen molar-refractivity contribution < 1.29 is 14.5 Å². The maximum absolute atomic E-state index is 12.0. The minimum absolute atomic E-state index is 0.0272. The molecule has 0 radical (unpaired) electrons. The Morgan fingerprint density at radius 3 is 2.52 bits per heavy atom. The van der Waals surface area contributed by atoms with Crippen LogP contribution in [0.4, 0.5) is 5.69 Å². The molecule has 3 rings (SSSR count). The number of benzene rings is 2. The fourth-order valence-corrected chi connectivity index (χ4v) is 2.51. The summed E-state index contributed by atoms with van der Waals surface area (Å²) in [5.41, 5.74) is 2.04. The molecular weight excluding hydrogens is 348 g/mol. The van der Waals surface area contributed by atoms with E-state index in [1.54, 1.807) is 6.20 Å². The summed E-state index contributed by atoms with van der Waals surface area (Å²) in [4.78, 5) is 22.2. The first-order chi connectivity index (χ1) is 13.1. The largest absolute Gasteiger partial charge is 0.484 e. The van der Waals surface area contributed by atoms with E-state index in [0.29, 0.717) is 18.8 Å². The van der Waals surface area contributed by atoms with Crippen molar-refractivity contribution in [3.8, 4) is 5.75 Å². The van der Waals surface area contributed by atoms with E-state index in [1.165, 1.54) is 24.3 Å². The minimum Gasteiger partial charge on any atom is -0.484 e. The first-order valence-electron chi connectivity index (χ1n) is 8.30. The topological polar surface area (TPSA) is 99.3 Å². The predicted octanol–water partition coefficient (Wildman–Crippen LogP) is 2.53. The molecule has 1 N–H and O–H groups in total. The lowest BCUT2D eigenvalue weighted by Gasteiger charge is -2.11. The van der Waals surface area contributed by atoms with Gasteiger partial charge in [-0.3, -0.25) is 19.6 Å². The Hall–Kier alpha value is -3.68. The molecule has 0 saturated carbocycles. The average molecular weight is 366 g/mol. The fourth-order valence-electron chi connectivity index (χ4n) is 2.51. The molecule has 1 heterocycles. The molecule has 0 saturated heterocycles. The lowest BCUT2D eigenvalue weighted by Crippen LogP contribution is -2.28. The zero-order chi connectivity index (χ0) is 19.1. The third-order valence-corrected chi connectivity index (χ3v) is 3.90. The van der Waals surface area contributed by atoms with E-state index in [-0.39, 0.29) is 18.2 Å². The van der Waals surface area contributed by atoms with Gasteiger partial charge in [0.15, 0.2) is 6.61 Å². The van der Waals surface area contributed by atoms with Crippen LogP contribution < -0.4 is 10.1 Å². The Morgan fingerprint density at radius 1 is 1.11 bits per heavy atom. The van der Waals surface area contributed by atoms with Crippen LogP contribution in [0.3, 0.4) is 0 Å². The number of ether oxygens (including phenoxy) is 1. The molecule has 1 aromatic heterocycles. The van der Waals surface area contributed by atoms with E-state index in [9.17, 15) is 14.9 Å². The summed E-state index contributed by atoms with van der Waals surface area (Å²) in [5.74, 6) is 0.122. The number of nitrogens with one attached hydrogen (secondary N) is 1. The fraction of sp³-hybridized carbons (Fsp3) is 0.158. The van der Waals surface area contributed by atoms with E-state index in [4.69, 9.17) is 4.74 Å². The lowest BCUT2D eigenvalue weighted by atomic mass is 10.1. The predicted molar refractivity (Wildman–Crippen MR) is 98.2 cm³/mol. The summed E-state index contributed by atoms with van der Waals surface area (Å²) in [5, 5.41) is 17.6. The number of hydrogen-bond donors (Lipinski definition) is 1. The molecule has 3 aromatic rings. The molecule has 0 spiro atoms. The van der Waals surface area contributed by atoms with Crippen molar-refractivity contribution in [3.05, 3.63) is 88.2 Å². The van der Waals surface area contributed by atoms with Crippen molar-refractivity contribution in [2.45, 2.75) is 13.1 Å². The molecule has 0 aliphatic carbocycles. The Bertz CT molecular complexity index is 908. The molecular formula is C19H18N4O4. The highest BCUT2D eigenvalue weighted by Gasteiger charge is 2.08. The van der Waals surface area contributed by atoms with Crippen molar-refractivity contribution in [3.63, 3.8) is 0 Å². The van der Waals surface area contributed by atoms with Gasteiger partial charge >= 0.3 is 0 Å². The van der Waals surface area contributed by atoms with Gasteiger partial charge in [0.1, 0.15) is 5.75 Å². The summed E-state index contributed by atoms with van der Waals surface area (Å²) in [7, 11) is 0. The van der Waals surface area contributed by atoms with Crippen molar-refractivity contribution in [1.82, 2.24) is 15.1 Å². The number of nitro benzene ring substituents is 1. The van der Waals surface area contributed by atoms with Gasteiger partial charge in [0.05, 0.1) is 11.5 Å². The highest BCUT2D eigenvalue weighted by molar-refractivity contribution is 5.77. The van der Waals surface area contributed by atoms with Crippen LogP contribution in [-0.2, 0) is 17.9 Å². The van der Waals surface area contributed by atoms with Gasteiger partial charge in [-0.15, -0.1) is 0 Å². The van der Waals surface area contributed by atoms with Crippen LogP contribution in [0.15, 0.2) is 67.0 Å². The van der Waals surface area contributed by atoms with Gasteiger partial charge in [-0.1, -0.05) is 24.3 Å². The van der Waals surface area contributed by atoms with E-state index in [0.717, 1.165) is 11.1 Å². The zero-order valence-corrected chi connectivity index (χ0v) is 14.4. The lowest BCUT2D eigenvalue weighted by molar-refractivity contribution is -0.384.